The first-order valence-corrected chi connectivity index (χ1v) is 17.6. The Hall–Kier alpha value is -4.92. The summed E-state index contributed by atoms with van der Waals surface area (Å²) in [6.07, 6.45) is 8.27. The molecule has 0 aliphatic carbocycles. The minimum atomic E-state index is -0.201. The van der Waals surface area contributed by atoms with Crippen molar-refractivity contribution in [3.63, 3.8) is 0 Å². The van der Waals surface area contributed by atoms with E-state index in [1.54, 1.807) is 24.7 Å². The maximum absolute atomic E-state index is 9.79. The Balaban J connectivity index is 1.15. The van der Waals surface area contributed by atoms with Crippen molar-refractivity contribution in [1.29, 1.82) is 5.26 Å². The number of benzene rings is 3. The molecule has 2 aromatic heterocycles. The van der Waals surface area contributed by atoms with Gasteiger partial charge < -0.3 is 34.5 Å². The monoisotopic (exact) mass is 706 g/mol. The van der Waals surface area contributed by atoms with Crippen molar-refractivity contribution in [2.45, 2.75) is 59.1 Å². The van der Waals surface area contributed by atoms with Crippen LogP contribution in [0.25, 0.3) is 11.1 Å². The van der Waals surface area contributed by atoms with Gasteiger partial charge >= 0.3 is 0 Å². The number of aliphatic hydroxyl groups is 1. The summed E-state index contributed by atoms with van der Waals surface area (Å²) in [5.41, 5.74) is 7.58. The number of ether oxygens (including phenoxy) is 3. The van der Waals surface area contributed by atoms with E-state index in [-0.39, 0.29) is 12.7 Å². The highest BCUT2D eigenvalue weighted by Crippen LogP contribution is 2.36. The lowest BCUT2D eigenvalue weighted by Gasteiger charge is -2.19. The van der Waals surface area contributed by atoms with Crippen LogP contribution in [0.2, 0.25) is 5.02 Å². The lowest BCUT2D eigenvalue weighted by atomic mass is 9.93. The van der Waals surface area contributed by atoms with Gasteiger partial charge in [0, 0.05) is 68.2 Å². The predicted octanol–water partition coefficient (Wildman–Crippen LogP) is 6.90. The molecule has 0 unspecified atom stereocenters. The molecule has 1 aliphatic rings. The second kappa shape index (κ2) is 17.3. The first kappa shape index (κ1) is 35.9. The summed E-state index contributed by atoms with van der Waals surface area (Å²) in [4.78, 5) is 13.8. The first-order valence-electron chi connectivity index (χ1n) is 17.2. The highest BCUT2D eigenvalue weighted by molar-refractivity contribution is 6.32. The van der Waals surface area contributed by atoms with Gasteiger partial charge in [-0.15, -0.1) is 0 Å². The molecule has 3 N–H and O–H groups in total. The van der Waals surface area contributed by atoms with Gasteiger partial charge in [-0.3, -0.25) is 4.98 Å². The van der Waals surface area contributed by atoms with Crippen molar-refractivity contribution >= 4 is 11.6 Å². The normalized spacial score (nSPS) is 14.4. The number of aromatic amines is 1. The Morgan fingerprint density at radius 3 is 2.57 bits per heavy atom. The quantitative estimate of drug-likeness (QED) is 0.0939. The van der Waals surface area contributed by atoms with Gasteiger partial charge in [-0.25, -0.2) is 4.98 Å². The fourth-order valence-electron chi connectivity index (χ4n) is 6.29. The summed E-state index contributed by atoms with van der Waals surface area (Å²) < 4.78 is 18.9. The van der Waals surface area contributed by atoms with Crippen LogP contribution in [-0.2, 0) is 26.3 Å². The Morgan fingerprint density at radius 2 is 1.78 bits per heavy atom. The van der Waals surface area contributed by atoms with Crippen molar-refractivity contribution in [3.05, 3.63) is 124 Å². The van der Waals surface area contributed by atoms with Crippen LogP contribution in [0, 0.1) is 25.2 Å². The number of aromatic nitrogens is 3. The Morgan fingerprint density at radius 1 is 0.961 bits per heavy atom. The molecule has 51 heavy (non-hydrogen) atoms. The van der Waals surface area contributed by atoms with Crippen molar-refractivity contribution in [1.82, 2.24) is 25.2 Å². The highest BCUT2D eigenvalue weighted by Gasteiger charge is 2.20. The molecule has 1 saturated heterocycles. The standard InChI is InChI=1S/C40H43ClN6O4/c1-27-31(6-3-7-34(27)35-8-4-9-37(28(35)2)49-15-5-13-47-14-10-33(48)24-47)26-51-39-18-38(50-25-30-16-29(19-42)20-43-21-30)32(17-36(39)41)22-44-23-40-45-11-12-46-40/h3-4,6-9,11-12,16-18,20-21,33,44,48H,5,10,13-15,22-26H2,1-2H3,(H,45,46)/t33-/m1/s1. The molecule has 0 radical (unpaired) electrons. The number of imidazole rings is 1. The number of likely N-dealkylation sites (tertiary alicyclic amines) is 1. The van der Waals surface area contributed by atoms with Crippen molar-refractivity contribution < 1.29 is 19.3 Å². The molecule has 264 valence electrons. The van der Waals surface area contributed by atoms with Gasteiger partial charge in [-0.1, -0.05) is 41.9 Å². The molecule has 3 aromatic carbocycles. The Labute approximate surface area is 304 Å². The number of halogens is 1. The fraction of sp³-hybridized carbons (Fsp3) is 0.325. The summed E-state index contributed by atoms with van der Waals surface area (Å²) in [7, 11) is 0. The molecule has 1 atom stereocenters. The van der Waals surface area contributed by atoms with Crippen molar-refractivity contribution in [3.8, 4) is 34.4 Å². The van der Waals surface area contributed by atoms with Crippen LogP contribution in [0.4, 0.5) is 0 Å². The number of nitrogens with one attached hydrogen (secondary N) is 2. The summed E-state index contributed by atoms with van der Waals surface area (Å²) in [5.74, 6) is 2.82. The van der Waals surface area contributed by atoms with Gasteiger partial charge in [0.05, 0.1) is 29.8 Å². The SMILES string of the molecule is Cc1c(COc2cc(OCc3cncc(C#N)c3)c(CNCc3ncc[nH]3)cc2Cl)cccc1-c1cccc(OCCCN2CC[C@@H](O)C2)c1C. The van der Waals surface area contributed by atoms with Crippen molar-refractivity contribution in [2.75, 3.05) is 26.2 Å². The molecule has 1 aliphatic heterocycles. The zero-order chi connectivity index (χ0) is 35.6. The summed E-state index contributed by atoms with van der Waals surface area (Å²) in [5, 5.41) is 22.9. The zero-order valence-corrected chi connectivity index (χ0v) is 29.7. The van der Waals surface area contributed by atoms with Crippen LogP contribution < -0.4 is 19.5 Å². The number of nitriles is 1. The number of hydrogen-bond acceptors (Lipinski definition) is 9. The molecular weight excluding hydrogens is 664 g/mol. The van der Waals surface area contributed by atoms with E-state index < -0.39 is 0 Å². The van der Waals surface area contributed by atoms with Gasteiger partial charge in [0.2, 0.25) is 0 Å². The Bertz CT molecular complexity index is 1960. The summed E-state index contributed by atoms with van der Waals surface area (Å²) in [6.45, 7) is 9.02. The van der Waals surface area contributed by atoms with Gasteiger partial charge in [-0.2, -0.15) is 5.26 Å². The van der Waals surface area contributed by atoms with Crippen molar-refractivity contribution in [2.24, 2.45) is 0 Å². The Kier molecular flexibility index (Phi) is 12.2. The van der Waals surface area contributed by atoms with E-state index in [4.69, 9.17) is 25.8 Å². The second-order valence-electron chi connectivity index (χ2n) is 12.8. The van der Waals surface area contributed by atoms with E-state index >= 15 is 0 Å². The second-order valence-corrected chi connectivity index (χ2v) is 13.2. The van der Waals surface area contributed by atoms with E-state index in [0.717, 1.165) is 83.0 Å². The van der Waals surface area contributed by atoms with E-state index in [0.29, 0.717) is 48.4 Å². The number of pyridine rings is 1. The number of H-pyrrole nitrogens is 1. The van der Waals surface area contributed by atoms with E-state index in [9.17, 15) is 10.4 Å². The van der Waals surface area contributed by atoms with Gasteiger partial charge in [0.15, 0.2) is 0 Å². The average Bonchev–Trinajstić information content (AvgIpc) is 3.82. The molecule has 6 rings (SSSR count). The lowest BCUT2D eigenvalue weighted by Crippen LogP contribution is -2.24. The molecule has 5 aromatic rings. The molecule has 0 bridgehead atoms. The molecule has 0 saturated carbocycles. The maximum Gasteiger partial charge on any atom is 0.142 e. The van der Waals surface area contributed by atoms with Gasteiger partial charge in [0.1, 0.15) is 42.4 Å². The smallest absolute Gasteiger partial charge is 0.142 e. The van der Waals surface area contributed by atoms with E-state index in [1.807, 2.05) is 30.3 Å². The van der Waals surface area contributed by atoms with Crippen LogP contribution in [0.3, 0.4) is 0 Å². The number of aliphatic hydroxyl groups excluding tert-OH is 1. The third-order valence-electron chi connectivity index (χ3n) is 9.12. The minimum Gasteiger partial charge on any atom is -0.493 e. The number of β-amino-alcohol motifs (C(OH)–C–C–N with tert-alkyl or cyclic N) is 1. The third-order valence-corrected chi connectivity index (χ3v) is 9.42. The predicted molar refractivity (Wildman–Crippen MR) is 197 cm³/mol. The molecule has 1 fully saturated rings. The third kappa shape index (κ3) is 9.45. The topological polar surface area (TPSA) is 129 Å². The van der Waals surface area contributed by atoms with Crippen LogP contribution in [0.5, 0.6) is 17.2 Å². The number of hydrogen-bond donors (Lipinski definition) is 3. The number of rotatable bonds is 16. The molecular formula is C40H43ClN6O4. The number of nitrogens with zero attached hydrogens (tertiary/aromatic N) is 4. The van der Waals surface area contributed by atoms with Crippen LogP contribution in [0.1, 0.15) is 52.0 Å². The van der Waals surface area contributed by atoms with Gasteiger partial charge in [-0.05, 0) is 72.7 Å². The molecule has 3 heterocycles. The van der Waals surface area contributed by atoms with Crippen LogP contribution in [-0.4, -0.2) is 57.3 Å². The first-order chi connectivity index (χ1) is 24.9. The maximum atomic E-state index is 9.79. The largest absolute Gasteiger partial charge is 0.493 e. The zero-order valence-electron chi connectivity index (χ0n) is 29.0. The van der Waals surface area contributed by atoms with Gasteiger partial charge in [0.25, 0.3) is 0 Å². The van der Waals surface area contributed by atoms with E-state index in [2.05, 4.69) is 63.3 Å². The average molecular weight is 707 g/mol. The molecule has 0 spiro atoms. The summed E-state index contributed by atoms with van der Waals surface area (Å²) in [6, 6.07) is 20.0. The highest BCUT2D eigenvalue weighted by atomic mass is 35.5. The molecule has 10 nitrogen and oxygen atoms in total. The lowest BCUT2D eigenvalue weighted by molar-refractivity contribution is 0.173. The fourth-order valence-corrected chi connectivity index (χ4v) is 6.53. The van der Waals surface area contributed by atoms with Crippen LogP contribution >= 0.6 is 11.6 Å². The molecule has 11 heteroatoms. The molecule has 0 amide bonds. The summed E-state index contributed by atoms with van der Waals surface area (Å²) >= 11 is 6.80. The minimum absolute atomic E-state index is 0.201. The van der Waals surface area contributed by atoms with Crippen LogP contribution in [0.15, 0.2) is 79.4 Å². The van der Waals surface area contributed by atoms with E-state index in [1.165, 1.54) is 6.20 Å².